The van der Waals surface area contributed by atoms with E-state index < -0.39 is 0 Å². The van der Waals surface area contributed by atoms with Crippen LogP contribution in [-0.2, 0) is 19.7 Å². The van der Waals surface area contributed by atoms with Crippen LogP contribution in [0.15, 0.2) is 41.8 Å². The van der Waals surface area contributed by atoms with E-state index in [2.05, 4.69) is 44.4 Å². The number of anilines is 1. The van der Waals surface area contributed by atoms with Gasteiger partial charge in [0.05, 0.1) is 35.6 Å². The van der Waals surface area contributed by atoms with Crippen LogP contribution in [0.5, 0.6) is 0 Å². The van der Waals surface area contributed by atoms with Gasteiger partial charge >= 0.3 is 0 Å². The molecule has 7 nitrogen and oxygen atoms in total. The molecule has 0 spiro atoms. The van der Waals surface area contributed by atoms with Crippen LogP contribution in [0.1, 0.15) is 47.7 Å². The fraction of sp³-hybridized carbons (Fsp3) is 0.444. The van der Waals surface area contributed by atoms with E-state index in [4.69, 9.17) is 9.84 Å². The fourth-order valence-electron chi connectivity index (χ4n) is 4.73. The summed E-state index contributed by atoms with van der Waals surface area (Å²) >= 11 is 3.31. The topological polar surface area (TPSA) is 67.7 Å². The van der Waals surface area contributed by atoms with Gasteiger partial charge in [0.15, 0.2) is 0 Å². The van der Waals surface area contributed by atoms with Gasteiger partial charge in [-0.25, -0.2) is 4.68 Å². The zero-order chi connectivity index (χ0) is 25.4. The van der Waals surface area contributed by atoms with E-state index in [0.29, 0.717) is 37.9 Å². The summed E-state index contributed by atoms with van der Waals surface area (Å²) in [6.45, 7) is 10.6. The maximum absolute atomic E-state index is 13.7. The molecule has 5 rings (SSSR count). The molecule has 9 heteroatoms. The summed E-state index contributed by atoms with van der Waals surface area (Å²) < 4.78 is 7.32. The highest BCUT2D eigenvalue weighted by Gasteiger charge is 2.40. The molecule has 0 N–H and O–H groups in total. The van der Waals surface area contributed by atoms with E-state index in [1.807, 2.05) is 29.8 Å². The van der Waals surface area contributed by atoms with Crippen molar-refractivity contribution in [2.75, 3.05) is 43.5 Å². The number of benzene rings is 1. The fourth-order valence-corrected chi connectivity index (χ4v) is 6.90. The zero-order valence-corrected chi connectivity index (χ0v) is 22.8. The van der Waals surface area contributed by atoms with Crippen LogP contribution in [0.4, 0.5) is 5.82 Å². The first-order valence-corrected chi connectivity index (χ1v) is 14.2. The van der Waals surface area contributed by atoms with E-state index >= 15 is 0 Å². The molecule has 4 heterocycles. The maximum atomic E-state index is 13.7. The smallest absolute Gasteiger partial charge is 0.242 e. The lowest BCUT2D eigenvalue weighted by Gasteiger charge is -2.30. The molecule has 2 aromatic heterocycles. The lowest BCUT2D eigenvalue weighted by molar-refractivity contribution is -0.134. The largest absolute Gasteiger partial charge is 0.378 e. The third kappa shape index (κ3) is 4.84. The Morgan fingerprint density at radius 2 is 1.94 bits per heavy atom. The second-order valence-corrected chi connectivity index (χ2v) is 12.3. The monoisotopic (exact) mass is 524 g/mol. The molecule has 0 aliphatic carbocycles. The standard InChI is InChI=1S/C27H32N4O3S2/c1-18-7-5-8-19(15-18)31-26-23(25(28-31)27(2,3)4)24(20-9-6-14-35-20)36-17-22(33)30(26)16-21(32)29-10-12-34-13-11-29/h5-9,14-15,24H,10-13,16-17H2,1-4H3. The Morgan fingerprint density at radius 3 is 2.61 bits per heavy atom. The highest BCUT2D eigenvalue weighted by molar-refractivity contribution is 8.00. The summed E-state index contributed by atoms with van der Waals surface area (Å²) in [5, 5.41) is 7.18. The lowest BCUT2D eigenvalue weighted by atomic mass is 9.88. The molecule has 190 valence electrons. The van der Waals surface area contributed by atoms with Gasteiger partial charge in [-0.05, 0) is 36.1 Å². The molecule has 1 fully saturated rings. The van der Waals surface area contributed by atoms with E-state index in [1.165, 1.54) is 4.88 Å². The highest BCUT2D eigenvalue weighted by atomic mass is 32.2. The number of thiophene rings is 1. The maximum Gasteiger partial charge on any atom is 0.242 e. The van der Waals surface area contributed by atoms with Crippen LogP contribution in [-0.4, -0.2) is 65.1 Å². The molecular formula is C27H32N4O3S2. The van der Waals surface area contributed by atoms with E-state index in [0.717, 1.165) is 22.5 Å². The number of nitrogens with zero attached hydrogens (tertiary/aromatic N) is 4. The van der Waals surface area contributed by atoms with Gasteiger partial charge in [0.1, 0.15) is 12.4 Å². The number of carbonyl (C=O) groups excluding carboxylic acids is 2. The molecule has 1 unspecified atom stereocenters. The van der Waals surface area contributed by atoms with Crippen molar-refractivity contribution < 1.29 is 14.3 Å². The summed E-state index contributed by atoms with van der Waals surface area (Å²) in [6.07, 6.45) is 0. The van der Waals surface area contributed by atoms with Crippen molar-refractivity contribution in [1.29, 1.82) is 0 Å². The minimum Gasteiger partial charge on any atom is -0.378 e. The van der Waals surface area contributed by atoms with Crippen LogP contribution < -0.4 is 4.90 Å². The van der Waals surface area contributed by atoms with E-state index in [9.17, 15) is 9.59 Å². The average molecular weight is 525 g/mol. The number of morpholine rings is 1. The Labute approximate surface area is 220 Å². The minimum absolute atomic E-state index is 0.00928. The summed E-state index contributed by atoms with van der Waals surface area (Å²) in [5.41, 5.74) is 3.70. The molecule has 36 heavy (non-hydrogen) atoms. The summed E-state index contributed by atoms with van der Waals surface area (Å²) in [6, 6.07) is 12.3. The van der Waals surface area contributed by atoms with E-state index in [1.54, 1.807) is 32.9 Å². The first-order valence-electron chi connectivity index (χ1n) is 12.3. The van der Waals surface area contributed by atoms with Gasteiger partial charge < -0.3 is 9.64 Å². The van der Waals surface area contributed by atoms with Gasteiger partial charge in [-0.3, -0.25) is 14.5 Å². The number of fused-ring (bicyclic) bond motifs is 1. The molecule has 2 aliphatic heterocycles. The van der Waals surface area contributed by atoms with Crippen molar-refractivity contribution in [3.63, 3.8) is 0 Å². The average Bonchev–Trinajstić information content (AvgIpc) is 3.49. The van der Waals surface area contributed by atoms with Crippen molar-refractivity contribution in [3.05, 3.63) is 63.5 Å². The molecule has 3 aromatic rings. The van der Waals surface area contributed by atoms with Gasteiger partial charge in [0, 0.05) is 28.9 Å². The van der Waals surface area contributed by atoms with Crippen molar-refractivity contribution in [2.45, 2.75) is 38.4 Å². The molecule has 1 aromatic carbocycles. The molecule has 2 aliphatic rings. The lowest BCUT2D eigenvalue weighted by Crippen LogP contribution is -2.48. The number of thioether (sulfide) groups is 1. The van der Waals surface area contributed by atoms with Gasteiger partial charge in [0.25, 0.3) is 0 Å². The Kier molecular flexibility index (Phi) is 6.98. The Hall–Kier alpha value is -2.62. The predicted molar refractivity (Wildman–Crippen MR) is 145 cm³/mol. The third-order valence-corrected chi connectivity index (χ3v) is 8.83. The molecule has 0 bridgehead atoms. The second-order valence-electron chi connectivity index (χ2n) is 10.3. The molecule has 0 radical (unpaired) electrons. The van der Waals surface area contributed by atoms with Crippen molar-refractivity contribution >= 4 is 40.7 Å². The predicted octanol–water partition coefficient (Wildman–Crippen LogP) is 4.57. The molecule has 1 saturated heterocycles. The SMILES string of the molecule is Cc1cccc(-n2nc(C(C)(C)C)c3c2N(CC(=O)N2CCOCC2)C(=O)CSC3c2cccs2)c1. The second kappa shape index (κ2) is 10.0. The number of carbonyl (C=O) groups is 2. The zero-order valence-electron chi connectivity index (χ0n) is 21.2. The number of rotatable bonds is 4. The Balaban J connectivity index is 1.71. The highest BCUT2D eigenvalue weighted by Crippen LogP contribution is 2.49. The third-order valence-electron chi connectivity index (χ3n) is 6.50. The summed E-state index contributed by atoms with van der Waals surface area (Å²) in [5.74, 6) is 0.869. The number of amides is 2. The number of aryl methyl sites for hydroxylation is 1. The Morgan fingerprint density at radius 1 is 1.17 bits per heavy atom. The summed E-state index contributed by atoms with van der Waals surface area (Å²) in [7, 11) is 0. The van der Waals surface area contributed by atoms with Gasteiger partial charge in [-0.15, -0.1) is 23.1 Å². The van der Waals surface area contributed by atoms with Crippen LogP contribution in [0.25, 0.3) is 5.69 Å². The molecule has 2 amide bonds. The van der Waals surface area contributed by atoms with Crippen molar-refractivity contribution in [2.24, 2.45) is 0 Å². The normalized spacial score (nSPS) is 18.8. The number of ether oxygens (including phenoxy) is 1. The number of aromatic nitrogens is 2. The first kappa shape index (κ1) is 25.0. The van der Waals surface area contributed by atoms with Gasteiger partial charge in [0.2, 0.25) is 11.8 Å². The number of hydrogen-bond acceptors (Lipinski definition) is 6. The molecular weight excluding hydrogens is 492 g/mol. The van der Waals surface area contributed by atoms with Gasteiger partial charge in [-0.1, -0.05) is 39.0 Å². The van der Waals surface area contributed by atoms with Crippen molar-refractivity contribution in [1.82, 2.24) is 14.7 Å². The van der Waals surface area contributed by atoms with Crippen LogP contribution in [0.3, 0.4) is 0 Å². The van der Waals surface area contributed by atoms with Crippen LogP contribution in [0, 0.1) is 6.92 Å². The van der Waals surface area contributed by atoms with E-state index in [-0.39, 0.29) is 29.0 Å². The number of hydrogen-bond donors (Lipinski definition) is 0. The minimum atomic E-state index is -0.261. The molecule has 1 atom stereocenters. The molecule has 0 saturated carbocycles. The van der Waals surface area contributed by atoms with Crippen molar-refractivity contribution in [3.8, 4) is 5.69 Å². The van der Waals surface area contributed by atoms with Crippen LogP contribution in [0.2, 0.25) is 0 Å². The Bertz CT molecular complexity index is 1260. The first-order chi connectivity index (χ1) is 17.2. The van der Waals surface area contributed by atoms with Crippen LogP contribution >= 0.6 is 23.1 Å². The van der Waals surface area contributed by atoms with Gasteiger partial charge in [-0.2, -0.15) is 5.10 Å². The quantitative estimate of drug-likeness (QED) is 0.500. The summed E-state index contributed by atoms with van der Waals surface area (Å²) in [4.78, 5) is 31.7.